The number of thioether (sulfide) groups is 1. The van der Waals surface area contributed by atoms with Crippen LogP contribution in [0.4, 0.5) is 5.69 Å². The number of hydrogen-bond acceptors (Lipinski definition) is 6. The first-order valence-electron chi connectivity index (χ1n) is 9.58. The van der Waals surface area contributed by atoms with E-state index in [2.05, 4.69) is 20.5 Å². The number of nitrogens with zero attached hydrogens (tertiary/aromatic N) is 4. The minimum Gasteiger partial charge on any atom is -0.382 e. The number of aryl methyl sites for hydroxylation is 1. The van der Waals surface area contributed by atoms with Gasteiger partial charge in [-0.25, -0.2) is 0 Å². The van der Waals surface area contributed by atoms with Gasteiger partial charge in [-0.3, -0.25) is 9.78 Å². The Morgan fingerprint density at radius 2 is 2.03 bits per heavy atom. The molecule has 0 bridgehead atoms. The van der Waals surface area contributed by atoms with Crippen molar-refractivity contribution >= 4 is 23.4 Å². The molecule has 0 atom stereocenters. The second-order valence-electron chi connectivity index (χ2n) is 6.45. The van der Waals surface area contributed by atoms with Gasteiger partial charge in [0, 0.05) is 43.4 Å². The van der Waals surface area contributed by atoms with Crippen LogP contribution in [0, 0.1) is 6.92 Å². The maximum atomic E-state index is 12.3. The summed E-state index contributed by atoms with van der Waals surface area (Å²) in [6, 6.07) is 11.6. The number of rotatable bonds is 10. The number of pyridine rings is 1. The summed E-state index contributed by atoms with van der Waals surface area (Å²) >= 11 is 1.37. The van der Waals surface area contributed by atoms with Crippen LogP contribution in [-0.2, 0) is 16.1 Å². The van der Waals surface area contributed by atoms with Gasteiger partial charge in [-0.05, 0) is 44.5 Å². The standard InChI is InChI=1S/C21H25N5O2S/c1-3-28-13-5-12-26-20(17-6-4-11-22-14-17)24-25-21(26)29-15-19(27)23-18-9-7-16(2)8-10-18/h4,6-11,14H,3,5,12-13,15H2,1-2H3,(H,23,27). The van der Waals surface area contributed by atoms with Gasteiger partial charge in [0.1, 0.15) is 0 Å². The van der Waals surface area contributed by atoms with E-state index in [9.17, 15) is 4.79 Å². The van der Waals surface area contributed by atoms with Gasteiger partial charge in [0.2, 0.25) is 5.91 Å². The fourth-order valence-electron chi connectivity index (χ4n) is 2.74. The second-order valence-corrected chi connectivity index (χ2v) is 7.40. The Balaban J connectivity index is 1.67. The van der Waals surface area contributed by atoms with Gasteiger partial charge in [0.05, 0.1) is 5.75 Å². The summed E-state index contributed by atoms with van der Waals surface area (Å²) in [5, 5.41) is 12.3. The molecule has 7 nitrogen and oxygen atoms in total. The number of nitrogens with one attached hydrogen (secondary N) is 1. The van der Waals surface area contributed by atoms with Crippen molar-refractivity contribution in [3.05, 3.63) is 54.4 Å². The molecule has 0 aliphatic rings. The number of ether oxygens (including phenoxy) is 1. The van der Waals surface area contributed by atoms with Crippen molar-refractivity contribution < 1.29 is 9.53 Å². The van der Waals surface area contributed by atoms with Crippen molar-refractivity contribution in [1.82, 2.24) is 19.7 Å². The van der Waals surface area contributed by atoms with Crippen LogP contribution >= 0.6 is 11.8 Å². The molecule has 0 fully saturated rings. The highest BCUT2D eigenvalue weighted by molar-refractivity contribution is 7.99. The van der Waals surface area contributed by atoms with E-state index in [1.165, 1.54) is 11.8 Å². The Morgan fingerprint density at radius 1 is 1.21 bits per heavy atom. The van der Waals surface area contributed by atoms with Gasteiger partial charge >= 0.3 is 0 Å². The van der Waals surface area contributed by atoms with Crippen molar-refractivity contribution in [2.24, 2.45) is 0 Å². The first-order chi connectivity index (χ1) is 14.2. The summed E-state index contributed by atoms with van der Waals surface area (Å²) in [6.45, 7) is 6.06. The molecule has 0 aliphatic heterocycles. The molecular weight excluding hydrogens is 386 g/mol. The van der Waals surface area contributed by atoms with Gasteiger partial charge in [-0.2, -0.15) is 0 Å². The van der Waals surface area contributed by atoms with E-state index in [0.717, 1.165) is 29.1 Å². The topological polar surface area (TPSA) is 81.9 Å². The molecule has 152 valence electrons. The van der Waals surface area contributed by atoms with Crippen molar-refractivity contribution in [2.45, 2.75) is 32.0 Å². The van der Waals surface area contributed by atoms with Crippen LogP contribution in [-0.4, -0.2) is 44.6 Å². The van der Waals surface area contributed by atoms with E-state index in [1.54, 1.807) is 12.4 Å². The zero-order valence-corrected chi connectivity index (χ0v) is 17.5. The number of amides is 1. The van der Waals surface area contributed by atoms with Gasteiger partial charge in [-0.1, -0.05) is 29.5 Å². The van der Waals surface area contributed by atoms with Crippen LogP contribution < -0.4 is 5.32 Å². The highest BCUT2D eigenvalue weighted by Crippen LogP contribution is 2.24. The normalized spacial score (nSPS) is 10.8. The van der Waals surface area contributed by atoms with E-state index in [1.807, 2.05) is 54.8 Å². The molecule has 0 saturated carbocycles. The average Bonchev–Trinajstić information content (AvgIpc) is 3.15. The highest BCUT2D eigenvalue weighted by atomic mass is 32.2. The maximum Gasteiger partial charge on any atom is 0.234 e. The predicted molar refractivity (Wildman–Crippen MR) is 115 cm³/mol. The second kappa shape index (κ2) is 10.7. The van der Waals surface area contributed by atoms with Crippen LogP contribution in [0.2, 0.25) is 0 Å². The Hall–Kier alpha value is -2.71. The number of carbonyl (C=O) groups excluding carboxylic acids is 1. The maximum absolute atomic E-state index is 12.3. The van der Waals surface area contributed by atoms with Crippen molar-refractivity contribution in [1.29, 1.82) is 0 Å². The summed E-state index contributed by atoms with van der Waals surface area (Å²) in [5.41, 5.74) is 2.84. The lowest BCUT2D eigenvalue weighted by Gasteiger charge is -2.10. The van der Waals surface area contributed by atoms with Crippen molar-refractivity contribution in [2.75, 3.05) is 24.3 Å². The molecule has 1 amide bonds. The Kier molecular flexibility index (Phi) is 7.77. The molecule has 2 heterocycles. The lowest BCUT2D eigenvalue weighted by atomic mass is 10.2. The van der Waals surface area contributed by atoms with Crippen LogP contribution in [0.25, 0.3) is 11.4 Å². The number of hydrogen-bond donors (Lipinski definition) is 1. The van der Waals surface area contributed by atoms with E-state index in [4.69, 9.17) is 4.74 Å². The first-order valence-corrected chi connectivity index (χ1v) is 10.6. The predicted octanol–water partition coefficient (Wildman–Crippen LogP) is 3.81. The van der Waals surface area contributed by atoms with Crippen LogP contribution in [0.3, 0.4) is 0 Å². The molecule has 0 unspecified atom stereocenters. The molecule has 8 heteroatoms. The van der Waals surface area contributed by atoms with E-state index < -0.39 is 0 Å². The van der Waals surface area contributed by atoms with Crippen LogP contribution in [0.5, 0.6) is 0 Å². The lowest BCUT2D eigenvalue weighted by molar-refractivity contribution is -0.113. The van der Waals surface area contributed by atoms with Crippen molar-refractivity contribution in [3.63, 3.8) is 0 Å². The summed E-state index contributed by atoms with van der Waals surface area (Å²) < 4.78 is 7.48. The summed E-state index contributed by atoms with van der Waals surface area (Å²) in [5.74, 6) is 0.923. The lowest BCUT2D eigenvalue weighted by Crippen LogP contribution is -2.15. The fourth-order valence-corrected chi connectivity index (χ4v) is 3.50. The SMILES string of the molecule is CCOCCCn1c(SCC(=O)Nc2ccc(C)cc2)nnc1-c1cccnc1. The third-order valence-electron chi connectivity index (χ3n) is 4.18. The molecule has 1 N–H and O–H groups in total. The first kappa shape index (κ1) is 21.0. The zero-order chi connectivity index (χ0) is 20.5. The molecule has 2 aromatic heterocycles. The van der Waals surface area contributed by atoms with Crippen LogP contribution in [0.1, 0.15) is 18.9 Å². The third kappa shape index (κ3) is 6.13. The number of carbonyl (C=O) groups is 1. The molecule has 0 saturated heterocycles. The van der Waals surface area contributed by atoms with Crippen molar-refractivity contribution in [3.8, 4) is 11.4 Å². The zero-order valence-electron chi connectivity index (χ0n) is 16.7. The van der Waals surface area contributed by atoms with Gasteiger partial charge in [-0.15, -0.1) is 10.2 Å². The van der Waals surface area contributed by atoms with E-state index in [0.29, 0.717) is 24.9 Å². The number of aromatic nitrogens is 4. The average molecular weight is 412 g/mol. The monoisotopic (exact) mass is 411 g/mol. The quantitative estimate of drug-likeness (QED) is 0.404. The molecule has 3 aromatic rings. The summed E-state index contributed by atoms with van der Waals surface area (Å²) in [4.78, 5) is 16.5. The molecule has 3 rings (SSSR count). The molecule has 29 heavy (non-hydrogen) atoms. The van der Waals surface area contributed by atoms with E-state index >= 15 is 0 Å². The molecule has 1 aromatic carbocycles. The van der Waals surface area contributed by atoms with Gasteiger partial charge in [0.15, 0.2) is 11.0 Å². The number of anilines is 1. The minimum atomic E-state index is -0.0781. The largest absolute Gasteiger partial charge is 0.382 e. The molecular formula is C21H25N5O2S. The number of benzene rings is 1. The molecule has 0 radical (unpaired) electrons. The highest BCUT2D eigenvalue weighted by Gasteiger charge is 2.16. The van der Waals surface area contributed by atoms with Gasteiger partial charge in [0.25, 0.3) is 0 Å². The summed E-state index contributed by atoms with van der Waals surface area (Å²) in [6.07, 6.45) is 4.33. The Morgan fingerprint density at radius 3 is 2.76 bits per heavy atom. The van der Waals surface area contributed by atoms with Gasteiger partial charge < -0.3 is 14.6 Å². The smallest absolute Gasteiger partial charge is 0.234 e. The Labute approximate surface area is 174 Å². The molecule has 0 aliphatic carbocycles. The van der Waals surface area contributed by atoms with Crippen LogP contribution in [0.15, 0.2) is 53.9 Å². The van der Waals surface area contributed by atoms with E-state index in [-0.39, 0.29) is 11.7 Å². The molecule has 0 spiro atoms. The third-order valence-corrected chi connectivity index (χ3v) is 5.15. The Bertz CT molecular complexity index is 913. The fraction of sp³-hybridized carbons (Fsp3) is 0.333. The summed E-state index contributed by atoms with van der Waals surface area (Å²) in [7, 11) is 0. The minimum absolute atomic E-state index is 0.0781.